The molecule has 1 aliphatic rings. The maximum Gasteiger partial charge on any atom is 0.192 e. The van der Waals surface area contributed by atoms with Crippen LogP contribution < -0.4 is 0 Å². The van der Waals surface area contributed by atoms with Gasteiger partial charge in [0.25, 0.3) is 0 Å². The average molecular weight is 206 g/mol. The molecule has 0 aliphatic carbocycles. The van der Waals surface area contributed by atoms with Gasteiger partial charge in [-0.3, -0.25) is 4.79 Å². The van der Waals surface area contributed by atoms with E-state index in [1.165, 1.54) is 0 Å². The van der Waals surface area contributed by atoms with Gasteiger partial charge in [-0.15, -0.1) is 0 Å². The number of nitrogens with zero attached hydrogens (tertiary/aromatic N) is 2. The van der Waals surface area contributed by atoms with Gasteiger partial charge in [0.1, 0.15) is 0 Å². The first-order chi connectivity index (χ1) is 7.31. The second-order valence-electron chi connectivity index (χ2n) is 3.83. The summed E-state index contributed by atoms with van der Waals surface area (Å²) in [5.41, 5.74) is 2.00. The zero-order chi connectivity index (χ0) is 10.7. The maximum absolute atomic E-state index is 10.6. The molecular formula is C11H14N2O2. The highest BCUT2D eigenvalue weighted by atomic mass is 16.5. The van der Waals surface area contributed by atoms with Crippen molar-refractivity contribution >= 4 is 6.29 Å². The number of ether oxygens (including phenoxy) is 1. The van der Waals surface area contributed by atoms with Crippen LogP contribution >= 0.6 is 0 Å². The topological polar surface area (TPSA) is 52.1 Å². The summed E-state index contributed by atoms with van der Waals surface area (Å²) in [6.07, 6.45) is 4.54. The molecule has 4 heteroatoms. The molecule has 1 aliphatic heterocycles. The number of carbonyl (C=O) groups is 1. The second kappa shape index (κ2) is 4.49. The van der Waals surface area contributed by atoms with E-state index >= 15 is 0 Å². The smallest absolute Gasteiger partial charge is 0.192 e. The van der Waals surface area contributed by atoms with Crippen molar-refractivity contribution in [3.63, 3.8) is 0 Å². The maximum atomic E-state index is 10.6. The minimum absolute atomic E-state index is 0.265. The van der Waals surface area contributed by atoms with Crippen LogP contribution in [0, 0.1) is 6.92 Å². The van der Waals surface area contributed by atoms with Crippen molar-refractivity contribution in [2.24, 2.45) is 0 Å². The molecule has 0 aromatic carbocycles. The van der Waals surface area contributed by atoms with Gasteiger partial charge in [0.05, 0.1) is 12.3 Å². The summed E-state index contributed by atoms with van der Waals surface area (Å²) >= 11 is 0. The normalized spacial score (nSPS) is 21.3. The van der Waals surface area contributed by atoms with Gasteiger partial charge in [-0.25, -0.2) is 9.97 Å². The Labute approximate surface area is 88.7 Å². The van der Waals surface area contributed by atoms with Gasteiger partial charge < -0.3 is 4.74 Å². The summed E-state index contributed by atoms with van der Waals surface area (Å²) in [6.45, 7) is 3.51. The van der Waals surface area contributed by atoms with Crippen LogP contribution in [0.1, 0.15) is 40.6 Å². The third-order valence-corrected chi connectivity index (χ3v) is 2.68. The van der Waals surface area contributed by atoms with Crippen molar-refractivity contribution in [3.05, 3.63) is 23.3 Å². The fourth-order valence-electron chi connectivity index (χ4n) is 1.90. The van der Waals surface area contributed by atoms with E-state index in [-0.39, 0.29) is 5.82 Å². The van der Waals surface area contributed by atoms with Gasteiger partial charge in [0.2, 0.25) is 0 Å². The highest BCUT2D eigenvalue weighted by Crippen LogP contribution is 2.25. The van der Waals surface area contributed by atoms with Crippen molar-refractivity contribution < 1.29 is 9.53 Å². The van der Waals surface area contributed by atoms with Crippen LogP contribution in [0.5, 0.6) is 0 Å². The van der Waals surface area contributed by atoms with Crippen LogP contribution in [-0.2, 0) is 4.74 Å². The Morgan fingerprint density at radius 3 is 3.13 bits per heavy atom. The molecule has 2 heterocycles. The molecule has 0 N–H and O–H groups in total. The second-order valence-corrected chi connectivity index (χ2v) is 3.83. The summed E-state index contributed by atoms with van der Waals surface area (Å²) in [5, 5.41) is 0. The fourth-order valence-corrected chi connectivity index (χ4v) is 1.90. The number of hydrogen-bond donors (Lipinski definition) is 0. The molecule has 0 spiro atoms. The highest BCUT2D eigenvalue weighted by molar-refractivity contribution is 5.68. The molecule has 2 rings (SSSR count). The van der Waals surface area contributed by atoms with E-state index in [0.717, 1.165) is 30.7 Å². The summed E-state index contributed by atoms with van der Waals surface area (Å²) in [7, 11) is 0. The predicted octanol–water partition coefficient (Wildman–Crippen LogP) is 1.49. The summed E-state index contributed by atoms with van der Waals surface area (Å²) in [4.78, 5) is 18.8. The lowest BCUT2D eigenvalue weighted by atomic mass is 9.96. The SMILES string of the molecule is Cc1cnc(C=O)nc1C1CCCOC1. The first-order valence-electron chi connectivity index (χ1n) is 5.17. The number of aryl methyl sites for hydroxylation is 1. The lowest BCUT2D eigenvalue weighted by Crippen LogP contribution is -2.18. The van der Waals surface area contributed by atoms with E-state index in [2.05, 4.69) is 9.97 Å². The largest absolute Gasteiger partial charge is 0.381 e. The summed E-state index contributed by atoms with van der Waals surface area (Å²) in [5.74, 6) is 0.585. The lowest BCUT2D eigenvalue weighted by Gasteiger charge is -2.22. The number of aromatic nitrogens is 2. The van der Waals surface area contributed by atoms with Gasteiger partial charge in [0.15, 0.2) is 12.1 Å². The first-order valence-corrected chi connectivity index (χ1v) is 5.17. The molecule has 1 aromatic heterocycles. The predicted molar refractivity (Wildman–Crippen MR) is 55.0 cm³/mol. The third-order valence-electron chi connectivity index (χ3n) is 2.68. The molecule has 0 amide bonds. The molecule has 4 nitrogen and oxygen atoms in total. The van der Waals surface area contributed by atoms with E-state index in [1.54, 1.807) is 6.20 Å². The van der Waals surface area contributed by atoms with Crippen LogP contribution in [0.2, 0.25) is 0 Å². The highest BCUT2D eigenvalue weighted by Gasteiger charge is 2.19. The molecule has 80 valence electrons. The van der Waals surface area contributed by atoms with Gasteiger partial charge in [-0.1, -0.05) is 0 Å². The molecule has 0 saturated carbocycles. The van der Waals surface area contributed by atoms with Gasteiger partial charge >= 0.3 is 0 Å². The summed E-state index contributed by atoms with van der Waals surface area (Å²) < 4.78 is 5.42. The molecule has 1 aromatic rings. The van der Waals surface area contributed by atoms with E-state index in [1.807, 2.05) is 6.92 Å². The quantitative estimate of drug-likeness (QED) is 0.688. The minimum Gasteiger partial charge on any atom is -0.381 e. The molecule has 0 radical (unpaired) electrons. The molecule has 1 unspecified atom stereocenters. The average Bonchev–Trinajstić information content (AvgIpc) is 2.31. The van der Waals surface area contributed by atoms with Crippen molar-refractivity contribution in [1.82, 2.24) is 9.97 Å². The Balaban J connectivity index is 2.28. The number of rotatable bonds is 2. The molecule has 15 heavy (non-hydrogen) atoms. The monoisotopic (exact) mass is 206 g/mol. The van der Waals surface area contributed by atoms with Gasteiger partial charge in [-0.2, -0.15) is 0 Å². The first kappa shape index (κ1) is 10.2. The zero-order valence-electron chi connectivity index (χ0n) is 8.77. The van der Waals surface area contributed by atoms with Crippen LogP contribution in [0.25, 0.3) is 0 Å². The molecule has 0 bridgehead atoms. The van der Waals surface area contributed by atoms with Crippen molar-refractivity contribution in [3.8, 4) is 0 Å². The van der Waals surface area contributed by atoms with Crippen molar-refractivity contribution in [2.75, 3.05) is 13.2 Å². The van der Waals surface area contributed by atoms with Crippen LogP contribution in [-0.4, -0.2) is 29.5 Å². The molecule has 1 fully saturated rings. The molecule has 1 saturated heterocycles. The third kappa shape index (κ3) is 2.21. The van der Waals surface area contributed by atoms with Crippen molar-refractivity contribution in [1.29, 1.82) is 0 Å². The zero-order valence-corrected chi connectivity index (χ0v) is 8.77. The van der Waals surface area contributed by atoms with Gasteiger partial charge in [-0.05, 0) is 25.3 Å². The number of aldehydes is 1. The van der Waals surface area contributed by atoms with Crippen LogP contribution in [0.15, 0.2) is 6.20 Å². The number of hydrogen-bond acceptors (Lipinski definition) is 4. The Bertz CT molecular complexity index is 360. The van der Waals surface area contributed by atoms with E-state index < -0.39 is 0 Å². The lowest BCUT2D eigenvalue weighted by molar-refractivity contribution is 0.0789. The Morgan fingerprint density at radius 1 is 1.60 bits per heavy atom. The summed E-state index contributed by atoms with van der Waals surface area (Å²) in [6, 6.07) is 0. The Kier molecular flexibility index (Phi) is 3.06. The Morgan fingerprint density at radius 2 is 2.47 bits per heavy atom. The minimum atomic E-state index is 0.265. The molecular weight excluding hydrogens is 192 g/mol. The van der Waals surface area contributed by atoms with Crippen molar-refractivity contribution in [2.45, 2.75) is 25.7 Å². The Hall–Kier alpha value is -1.29. The van der Waals surface area contributed by atoms with E-state index in [4.69, 9.17) is 4.74 Å². The fraction of sp³-hybridized carbons (Fsp3) is 0.545. The number of carbonyl (C=O) groups excluding carboxylic acids is 1. The van der Waals surface area contributed by atoms with Gasteiger partial charge in [0, 0.05) is 18.7 Å². The van der Waals surface area contributed by atoms with E-state index in [9.17, 15) is 4.79 Å². The molecule has 1 atom stereocenters. The standard InChI is InChI=1S/C11H14N2O2/c1-8-5-12-10(6-14)13-11(8)9-3-2-4-15-7-9/h5-6,9H,2-4,7H2,1H3. The van der Waals surface area contributed by atoms with Crippen LogP contribution in [0.3, 0.4) is 0 Å². The van der Waals surface area contributed by atoms with E-state index in [0.29, 0.717) is 18.8 Å². The van der Waals surface area contributed by atoms with Crippen LogP contribution in [0.4, 0.5) is 0 Å².